The summed E-state index contributed by atoms with van der Waals surface area (Å²) in [7, 11) is -4.67. The van der Waals surface area contributed by atoms with E-state index in [2.05, 4.69) is 0 Å². The topological polar surface area (TPSA) is 112 Å². The van der Waals surface area contributed by atoms with Gasteiger partial charge in [-0.15, -0.1) is 0 Å². The van der Waals surface area contributed by atoms with E-state index < -0.39 is 10.4 Å². The molecule has 0 aromatic carbocycles. The summed E-state index contributed by atoms with van der Waals surface area (Å²) >= 11 is 0. The van der Waals surface area contributed by atoms with Gasteiger partial charge in [0.1, 0.15) is 0 Å². The van der Waals surface area contributed by atoms with Gasteiger partial charge in [-0.3, -0.25) is 13.9 Å². The molecule has 0 aliphatic heterocycles. The molecule has 0 heterocycles. The van der Waals surface area contributed by atoms with Gasteiger partial charge in [0.2, 0.25) is 0 Å². The van der Waals surface area contributed by atoms with Crippen LogP contribution in [0, 0.1) is 0 Å². The molecule has 0 saturated heterocycles. The standard InChI is InChI=1S/CH2O2.Na.H2O4S.H/c2-1-3;;1-5(2,3)4;/h1H,(H,2,3);;(H2,1,2,3,4);. The zero-order valence-corrected chi connectivity index (χ0v) is 4.37. The van der Waals surface area contributed by atoms with Crippen LogP contribution in [0.2, 0.25) is 0 Å². The fraction of sp³-hybridized carbons (Fsp3) is 0. The Morgan fingerprint density at radius 2 is 1.22 bits per heavy atom. The van der Waals surface area contributed by atoms with E-state index >= 15 is 0 Å². The molecule has 0 aliphatic carbocycles. The van der Waals surface area contributed by atoms with Crippen LogP contribution >= 0.6 is 0 Å². The van der Waals surface area contributed by atoms with Crippen molar-refractivity contribution < 1.29 is 27.4 Å². The molecule has 0 atom stereocenters. The van der Waals surface area contributed by atoms with Crippen molar-refractivity contribution in [2.75, 3.05) is 0 Å². The summed E-state index contributed by atoms with van der Waals surface area (Å²) < 4.78 is 31.6. The zero-order chi connectivity index (χ0) is 7.21. The molecule has 0 spiro atoms. The van der Waals surface area contributed by atoms with Gasteiger partial charge in [-0.05, 0) is 0 Å². The van der Waals surface area contributed by atoms with Crippen molar-refractivity contribution in [3.63, 3.8) is 0 Å². The van der Waals surface area contributed by atoms with Gasteiger partial charge < -0.3 is 5.11 Å². The molecule has 0 rings (SSSR count). The molecule has 8 heteroatoms. The van der Waals surface area contributed by atoms with Crippen LogP contribution in [0.4, 0.5) is 0 Å². The maximum absolute atomic E-state index is 8.74. The van der Waals surface area contributed by atoms with Crippen LogP contribution in [0.3, 0.4) is 0 Å². The first kappa shape index (κ1) is 16.2. The van der Waals surface area contributed by atoms with E-state index in [9.17, 15) is 0 Å². The van der Waals surface area contributed by atoms with Gasteiger partial charge >= 0.3 is 40.0 Å². The summed E-state index contributed by atoms with van der Waals surface area (Å²) in [5.74, 6) is 0. The van der Waals surface area contributed by atoms with E-state index in [1.54, 1.807) is 0 Å². The monoisotopic (exact) mass is 168 g/mol. The van der Waals surface area contributed by atoms with Crippen LogP contribution in [-0.4, -0.2) is 58.7 Å². The number of carbonyl (C=O) groups is 1. The van der Waals surface area contributed by atoms with Crippen molar-refractivity contribution in [2.24, 2.45) is 0 Å². The summed E-state index contributed by atoms with van der Waals surface area (Å²) in [5, 5.41) is 6.89. The summed E-state index contributed by atoms with van der Waals surface area (Å²) in [4.78, 5) is 8.36. The Bertz CT molecular complexity index is 127. The fourth-order valence-corrected chi connectivity index (χ4v) is 0. The third kappa shape index (κ3) is 2900. The van der Waals surface area contributed by atoms with Crippen LogP contribution in [-0.2, 0) is 15.2 Å². The molecular formula is CH5NaO6S. The Morgan fingerprint density at radius 1 is 1.22 bits per heavy atom. The van der Waals surface area contributed by atoms with Crippen molar-refractivity contribution in [3.8, 4) is 0 Å². The predicted octanol–water partition coefficient (Wildman–Crippen LogP) is -1.60. The van der Waals surface area contributed by atoms with Crippen molar-refractivity contribution in [1.29, 1.82) is 0 Å². The third-order valence-corrected chi connectivity index (χ3v) is 0. The van der Waals surface area contributed by atoms with Gasteiger partial charge in [-0.2, -0.15) is 8.42 Å². The molecule has 0 amide bonds. The van der Waals surface area contributed by atoms with E-state index in [1.165, 1.54) is 0 Å². The van der Waals surface area contributed by atoms with Crippen molar-refractivity contribution in [1.82, 2.24) is 0 Å². The molecule has 0 fully saturated rings. The third-order valence-electron chi connectivity index (χ3n) is 0. The summed E-state index contributed by atoms with van der Waals surface area (Å²) in [5.41, 5.74) is 0. The van der Waals surface area contributed by atoms with Gasteiger partial charge in [0.05, 0.1) is 0 Å². The molecule has 9 heavy (non-hydrogen) atoms. The first-order chi connectivity index (χ1) is 3.41. The van der Waals surface area contributed by atoms with Crippen LogP contribution < -0.4 is 0 Å². The zero-order valence-electron chi connectivity index (χ0n) is 3.55. The summed E-state index contributed by atoms with van der Waals surface area (Å²) in [6, 6.07) is 0. The molecule has 0 bridgehead atoms. The number of carboxylic acid groups (broad SMARTS) is 1. The minimum absolute atomic E-state index is 0. The van der Waals surface area contributed by atoms with E-state index in [1.807, 2.05) is 0 Å². The van der Waals surface area contributed by atoms with E-state index in [0.717, 1.165) is 0 Å². The summed E-state index contributed by atoms with van der Waals surface area (Å²) in [6.45, 7) is -0.250. The maximum atomic E-state index is 8.74. The Labute approximate surface area is 73.7 Å². The van der Waals surface area contributed by atoms with Crippen molar-refractivity contribution in [2.45, 2.75) is 0 Å². The van der Waals surface area contributed by atoms with Crippen LogP contribution in [0.1, 0.15) is 0 Å². The molecule has 0 radical (unpaired) electrons. The van der Waals surface area contributed by atoms with Crippen LogP contribution in [0.25, 0.3) is 0 Å². The minimum atomic E-state index is -4.67. The van der Waals surface area contributed by atoms with Gasteiger partial charge in [-0.1, -0.05) is 0 Å². The van der Waals surface area contributed by atoms with Gasteiger partial charge in [0, 0.05) is 0 Å². The molecule has 0 unspecified atom stereocenters. The number of hydrogen-bond acceptors (Lipinski definition) is 3. The Morgan fingerprint density at radius 3 is 1.22 bits per heavy atom. The second-order valence-electron chi connectivity index (χ2n) is 0.553. The fourth-order valence-electron chi connectivity index (χ4n) is 0. The molecule has 3 N–H and O–H groups in total. The second kappa shape index (κ2) is 8.34. The summed E-state index contributed by atoms with van der Waals surface area (Å²) in [6.07, 6.45) is 0. The SMILES string of the molecule is O=CO.O=S(=O)(O)O.[NaH]. The predicted molar refractivity (Wildman–Crippen MR) is 30.0 cm³/mol. The van der Waals surface area contributed by atoms with E-state index in [-0.39, 0.29) is 36.0 Å². The quantitative estimate of drug-likeness (QED) is 0.228. The van der Waals surface area contributed by atoms with Gasteiger partial charge in [0.25, 0.3) is 6.47 Å². The molecular weight excluding hydrogens is 163 g/mol. The Balaban J connectivity index is -0.0000000800. The molecule has 0 aromatic heterocycles. The normalized spacial score (nSPS) is 7.78. The van der Waals surface area contributed by atoms with Crippen molar-refractivity contribution in [3.05, 3.63) is 0 Å². The number of rotatable bonds is 0. The Hall–Kier alpha value is 0.340. The Kier molecular flexibility index (Phi) is 15.0. The van der Waals surface area contributed by atoms with Crippen LogP contribution in [0.15, 0.2) is 0 Å². The molecule has 0 aliphatic rings. The van der Waals surface area contributed by atoms with Crippen LogP contribution in [0.5, 0.6) is 0 Å². The first-order valence-electron chi connectivity index (χ1n) is 1.19. The second-order valence-corrected chi connectivity index (χ2v) is 1.45. The molecule has 6 nitrogen and oxygen atoms in total. The molecule has 52 valence electrons. The molecule has 0 aromatic rings. The van der Waals surface area contributed by atoms with Crippen molar-refractivity contribution >= 4 is 46.4 Å². The van der Waals surface area contributed by atoms with E-state index in [4.69, 9.17) is 27.4 Å². The van der Waals surface area contributed by atoms with E-state index in [0.29, 0.717) is 0 Å². The van der Waals surface area contributed by atoms with Gasteiger partial charge in [-0.25, -0.2) is 0 Å². The average Bonchev–Trinajstić information content (AvgIpc) is 1.27. The molecule has 0 saturated carbocycles. The first-order valence-corrected chi connectivity index (χ1v) is 2.59. The van der Waals surface area contributed by atoms with Gasteiger partial charge in [0.15, 0.2) is 0 Å². The average molecular weight is 168 g/mol. The number of hydrogen-bond donors (Lipinski definition) is 3.